The smallest absolute Gasteiger partial charge is 0.163 e. The van der Waals surface area contributed by atoms with Crippen molar-refractivity contribution < 1.29 is 4.79 Å². The van der Waals surface area contributed by atoms with Crippen LogP contribution in [-0.2, 0) is 12.2 Å². The Morgan fingerprint density at radius 1 is 0.950 bits per heavy atom. The molecule has 1 aliphatic rings. The third kappa shape index (κ3) is 3.13. The molecule has 0 amide bonds. The Morgan fingerprint density at radius 3 is 2.60 bits per heavy atom. The molecule has 2 heteroatoms. The zero-order chi connectivity index (χ0) is 13.8. The van der Waals surface area contributed by atoms with E-state index < -0.39 is 0 Å². The fraction of sp³-hybridized carbons (Fsp3) is 0.278. The van der Waals surface area contributed by atoms with Gasteiger partial charge in [0.1, 0.15) is 0 Å². The number of hydrogen-bond donors (Lipinski definition) is 0. The molecule has 0 N–H and O–H groups in total. The van der Waals surface area contributed by atoms with Crippen LogP contribution in [0.3, 0.4) is 0 Å². The predicted octanol–water partition coefficient (Wildman–Crippen LogP) is 4.89. The maximum Gasteiger partial charge on any atom is 0.163 e. The maximum atomic E-state index is 12.1. The molecule has 1 aliphatic carbocycles. The zero-order valence-corrected chi connectivity index (χ0v) is 12.3. The highest BCUT2D eigenvalue weighted by molar-refractivity contribution is 7.98. The van der Waals surface area contributed by atoms with Gasteiger partial charge in [-0.05, 0) is 42.5 Å². The van der Waals surface area contributed by atoms with E-state index in [0.717, 1.165) is 30.6 Å². The van der Waals surface area contributed by atoms with Gasteiger partial charge in [0.15, 0.2) is 5.78 Å². The summed E-state index contributed by atoms with van der Waals surface area (Å²) < 4.78 is 0. The number of thioether (sulfide) groups is 1. The third-order valence-corrected chi connectivity index (χ3v) is 4.79. The lowest BCUT2D eigenvalue weighted by Gasteiger charge is -2.08. The van der Waals surface area contributed by atoms with Gasteiger partial charge in [0.05, 0.1) is 0 Å². The van der Waals surface area contributed by atoms with Crippen LogP contribution in [0.15, 0.2) is 53.4 Å². The molecule has 0 heterocycles. The van der Waals surface area contributed by atoms with Gasteiger partial charge in [-0.15, -0.1) is 11.8 Å². The first-order chi connectivity index (χ1) is 9.83. The number of ketones is 1. The summed E-state index contributed by atoms with van der Waals surface area (Å²) >= 11 is 1.80. The number of carbonyl (C=O) groups excluding carboxylic acids is 1. The van der Waals surface area contributed by atoms with Gasteiger partial charge in [-0.25, -0.2) is 0 Å². The van der Waals surface area contributed by atoms with E-state index >= 15 is 0 Å². The summed E-state index contributed by atoms with van der Waals surface area (Å²) in [5, 5.41) is 0. The fourth-order valence-corrected chi connectivity index (χ4v) is 3.49. The Bertz CT molecular complexity index is 604. The molecule has 2 aromatic carbocycles. The number of carbonyl (C=O) groups is 1. The van der Waals surface area contributed by atoms with Crippen molar-refractivity contribution in [3.05, 3.63) is 65.2 Å². The van der Waals surface area contributed by atoms with Crippen molar-refractivity contribution >= 4 is 17.5 Å². The van der Waals surface area contributed by atoms with Crippen molar-refractivity contribution in [2.24, 2.45) is 0 Å². The molecular formula is C18H18OS. The minimum absolute atomic E-state index is 0.319. The van der Waals surface area contributed by atoms with Gasteiger partial charge >= 0.3 is 0 Å². The lowest BCUT2D eigenvalue weighted by Crippen LogP contribution is -2.00. The number of benzene rings is 2. The molecule has 1 nitrogen and oxygen atoms in total. The van der Waals surface area contributed by atoms with E-state index in [1.54, 1.807) is 11.8 Å². The summed E-state index contributed by atoms with van der Waals surface area (Å²) in [4.78, 5) is 13.3. The second kappa shape index (κ2) is 6.27. The van der Waals surface area contributed by atoms with Gasteiger partial charge in [-0.2, -0.15) is 0 Å². The van der Waals surface area contributed by atoms with E-state index in [1.165, 1.54) is 16.0 Å². The molecule has 0 saturated carbocycles. The SMILES string of the molecule is O=C1CCCCc2ccc(SCc3ccccc3)cc21. The monoisotopic (exact) mass is 282 g/mol. The molecule has 0 unspecified atom stereocenters. The van der Waals surface area contributed by atoms with Gasteiger partial charge in [0.2, 0.25) is 0 Å². The van der Waals surface area contributed by atoms with Crippen molar-refractivity contribution in [3.63, 3.8) is 0 Å². The summed E-state index contributed by atoms with van der Waals surface area (Å²) in [5.41, 5.74) is 3.51. The molecule has 2 aromatic rings. The first kappa shape index (κ1) is 13.4. The molecule has 0 saturated heterocycles. The highest BCUT2D eigenvalue weighted by Gasteiger charge is 2.15. The Balaban J connectivity index is 1.76. The fourth-order valence-electron chi connectivity index (χ4n) is 2.60. The van der Waals surface area contributed by atoms with Crippen molar-refractivity contribution in [1.29, 1.82) is 0 Å². The topological polar surface area (TPSA) is 17.1 Å². The van der Waals surface area contributed by atoms with E-state index in [0.29, 0.717) is 12.2 Å². The van der Waals surface area contributed by atoms with Crippen LogP contribution in [-0.4, -0.2) is 5.78 Å². The van der Waals surface area contributed by atoms with Crippen LogP contribution < -0.4 is 0 Å². The highest BCUT2D eigenvalue weighted by atomic mass is 32.2. The zero-order valence-electron chi connectivity index (χ0n) is 11.5. The summed E-state index contributed by atoms with van der Waals surface area (Å²) in [6.07, 6.45) is 3.92. The van der Waals surface area contributed by atoms with Gasteiger partial charge in [0, 0.05) is 22.6 Å². The molecular weight excluding hydrogens is 264 g/mol. The summed E-state index contributed by atoms with van der Waals surface area (Å²) in [5.74, 6) is 1.27. The van der Waals surface area contributed by atoms with E-state index in [-0.39, 0.29) is 0 Å². The number of Topliss-reactive ketones (excluding diaryl/α,β-unsaturated/α-hetero) is 1. The number of hydrogen-bond acceptors (Lipinski definition) is 2. The van der Waals surface area contributed by atoms with E-state index in [2.05, 4.69) is 42.5 Å². The Hall–Kier alpha value is -1.54. The van der Waals surface area contributed by atoms with Crippen molar-refractivity contribution in [1.82, 2.24) is 0 Å². The molecule has 0 bridgehead atoms. The van der Waals surface area contributed by atoms with Gasteiger partial charge in [-0.1, -0.05) is 36.4 Å². The summed E-state index contributed by atoms with van der Waals surface area (Å²) in [6, 6.07) is 16.8. The van der Waals surface area contributed by atoms with Crippen LogP contribution in [0.4, 0.5) is 0 Å². The first-order valence-corrected chi connectivity index (χ1v) is 8.14. The van der Waals surface area contributed by atoms with Crippen LogP contribution in [0.2, 0.25) is 0 Å². The van der Waals surface area contributed by atoms with Gasteiger partial charge in [-0.3, -0.25) is 4.79 Å². The number of rotatable bonds is 3. The molecule has 0 spiro atoms. The normalized spacial score (nSPS) is 14.7. The molecule has 0 fully saturated rings. The standard InChI is InChI=1S/C18H18OS/c19-18-9-5-4-8-15-10-11-16(12-17(15)18)20-13-14-6-2-1-3-7-14/h1-3,6-7,10-12H,4-5,8-9,13H2. The van der Waals surface area contributed by atoms with Crippen LogP contribution in [0.5, 0.6) is 0 Å². The van der Waals surface area contributed by atoms with Crippen LogP contribution in [0, 0.1) is 0 Å². The lowest BCUT2D eigenvalue weighted by molar-refractivity contribution is 0.0982. The molecule has 0 aliphatic heterocycles. The molecule has 3 rings (SSSR count). The Kier molecular flexibility index (Phi) is 4.22. The van der Waals surface area contributed by atoms with E-state index in [1.807, 2.05) is 6.07 Å². The quantitative estimate of drug-likeness (QED) is 0.589. The minimum Gasteiger partial charge on any atom is -0.294 e. The third-order valence-electron chi connectivity index (χ3n) is 3.73. The van der Waals surface area contributed by atoms with Crippen molar-refractivity contribution in [2.45, 2.75) is 36.3 Å². The van der Waals surface area contributed by atoms with Gasteiger partial charge < -0.3 is 0 Å². The molecule has 20 heavy (non-hydrogen) atoms. The predicted molar refractivity (Wildman–Crippen MR) is 84.3 cm³/mol. The average Bonchev–Trinajstić information content (AvgIpc) is 2.68. The molecule has 0 aromatic heterocycles. The second-order valence-electron chi connectivity index (χ2n) is 5.22. The summed E-state index contributed by atoms with van der Waals surface area (Å²) in [6.45, 7) is 0. The number of fused-ring (bicyclic) bond motifs is 1. The second-order valence-corrected chi connectivity index (χ2v) is 6.27. The van der Waals surface area contributed by atoms with Crippen LogP contribution in [0.25, 0.3) is 0 Å². The van der Waals surface area contributed by atoms with E-state index in [4.69, 9.17) is 0 Å². The highest BCUT2D eigenvalue weighted by Crippen LogP contribution is 2.28. The average molecular weight is 282 g/mol. The van der Waals surface area contributed by atoms with Crippen LogP contribution >= 0.6 is 11.8 Å². The largest absolute Gasteiger partial charge is 0.294 e. The molecule has 0 radical (unpaired) electrons. The first-order valence-electron chi connectivity index (χ1n) is 7.16. The van der Waals surface area contributed by atoms with Gasteiger partial charge in [0.25, 0.3) is 0 Å². The summed E-state index contributed by atoms with van der Waals surface area (Å²) in [7, 11) is 0. The molecule has 0 atom stereocenters. The van der Waals surface area contributed by atoms with Crippen molar-refractivity contribution in [3.8, 4) is 0 Å². The molecule has 102 valence electrons. The van der Waals surface area contributed by atoms with Crippen LogP contribution in [0.1, 0.15) is 40.7 Å². The Morgan fingerprint density at radius 2 is 1.75 bits per heavy atom. The lowest BCUT2D eigenvalue weighted by atomic mass is 10.0. The van der Waals surface area contributed by atoms with E-state index in [9.17, 15) is 4.79 Å². The maximum absolute atomic E-state index is 12.1. The van der Waals surface area contributed by atoms with Crippen molar-refractivity contribution in [2.75, 3.05) is 0 Å². The number of aryl methyl sites for hydroxylation is 1. The Labute approximate surface area is 124 Å². The minimum atomic E-state index is 0.319.